The Bertz CT molecular complexity index is 914. The van der Waals surface area contributed by atoms with E-state index < -0.39 is 0 Å². The minimum absolute atomic E-state index is 0.387. The molecule has 2 N–H and O–H groups in total. The molecule has 0 saturated heterocycles. The number of methoxy groups -OCH3 is 1. The number of aromatic nitrogens is 3. The number of ether oxygens (including phenoxy) is 1. The summed E-state index contributed by atoms with van der Waals surface area (Å²) in [6.45, 7) is 0.476. The van der Waals surface area contributed by atoms with Crippen LogP contribution in [0.2, 0.25) is 10.0 Å². The molecule has 2 aromatic carbocycles. The van der Waals surface area contributed by atoms with Gasteiger partial charge in [-0.1, -0.05) is 29.3 Å². The van der Waals surface area contributed by atoms with Crippen LogP contribution in [0.15, 0.2) is 48.8 Å². The van der Waals surface area contributed by atoms with Crippen molar-refractivity contribution in [1.29, 1.82) is 0 Å². The smallest absolute Gasteiger partial charge is 0.248 e. The molecule has 0 atom stereocenters. The molecule has 0 aliphatic heterocycles. The van der Waals surface area contributed by atoms with Gasteiger partial charge in [-0.05, 0) is 54.2 Å². The van der Waals surface area contributed by atoms with Gasteiger partial charge in [-0.2, -0.15) is 0 Å². The molecule has 26 heavy (non-hydrogen) atoms. The van der Waals surface area contributed by atoms with E-state index in [1.807, 2.05) is 30.3 Å². The normalized spacial score (nSPS) is 10.4. The lowest BCUT2D eigenvalue weighted by Gasteiger charge is -2.08. The number of anilines is 2. The second-order valence-corrected chi connectivity index (χ2v) is 6.56. The monoisotopic (exact) mass is 407 g/mol. The zero-order valence-corrected chi connectivity index (χ0v) is 16.1. The van der Waals surface area contributed by atoms with Crippen LogP contribution in [0.4, 0.5) is 11.6 Å². The third kappa shape index (κ3) is 4.85. The van der Waals surface area contributed by atoms with Crippen molar-refractivity contribution in [1.82, 2.24) is 14.8 Å². The molecule has 0 radical (unpaired) electrons. The van der Waals surface area contributed by atoms with Crippen molar-refractivity contribution in [3.63, 3.8) is 0 Å². The molecule has 0 aliphatic rings. The highest BCUT2D eigenvalue weighted by Gasteiger charge is 2.07. The lowest BCUT2D eigenvalue weighted by molar-refractivity contribution is 0.415. The van der Waals surface area contributed by atoms with E-state index in [1.165, 1.54) is 0 Å². The average Bonchev–Trinajstić information content (AvgIpc) is 3.05. The van der Waals surface area contributed by atoms with E-state index in [-0.39, 0.29) is 0 Å². The first-order valence-corrected chi connectivity index (χ1v) is 8.75. The van der Waals surface area contributed by atoms with Crippen molar-refractivity contribution in [2.75, 3.05) is 17.7 Å². The van der Waals surface area contributed by atoms with Crippen LogP contribution in [0.3, 0.4) is 0 Å². The lowest BCUT2D eigenvalue weighted by Crippen LogP contribution is -2.20. The Balaban J connectivity index is 1.59. The fraction of sp³-hybridized carbons (Fsp3) is 0.118. The number of nitrogens with zero attached hydrogens (tertiary/aromatic N) is 3. The van der Waals surface area contributed by atoms with Crippen LogP contribution >= 0.6 is 35.4 Å². The molecule has 3 rings (SSSR count). The summed E-state index contributed by atoms with van der Waals surface area (Å²) in [6.07, 6.45) is 1.60. The summed E-state index contributed by atoms with van der Waals surface area (Å²) >= 11 is 17.4. The van der Waals surface area contributed by atoms with Gasteiger partial charge in [0.05, 0.1) is 13.7 Å². The van der Waals surface area contributed by atoms with Gasteiger partial charge in [0.15, 0.2) is 5.11 Å². The molecule has 0 fully saturated rings. The summed E-state index contributed by atoms with van der Waals surface area (Å²) < 4.78 is 6.78. The first kappa shape index (κ1) is 18.4. The van der Waals surface area contributed by atoms with Crippen molar-refractivity contribution in [2.24, 2.45) is 0 Å². The van der Waals surface area contributed by atoms with Crippen LogP contribution < -0.4 is 15.4 Å². The van der Waals surface area contributed by atoms with E-state index in [4.69, 9.17) is 40.2 Å². The number of rotatable bonds is 5. The second-order valence-electron chi connectivity index (χ2n) is 5.31. The number of thiocarbonyl (C=S) groups is 1. The van der Waals surface area contributed by atoms with E-state index in [1.54, 1.807) is 30.3 Å². The van der Waals surface area contributed by atoms with E-state index in [9.17, 15) is 0 Å². The Morgan fingerprint density at radius 3 is 2.62 bits per heavy atom. The number of benzene rings is 2. The van der Waals surface area contributed by atoms with Crippen LogP contribution in [-0.2, 0) is 6.54 Å². The third-order valence-corrected chi connectivity index (χ3v) is 4.25. The molecule has 1 heterocycles. The molecule has 6 nitrogen and oxygen atoms in total. The quantitative estimate of drug-likeness (QED) is 0.609. The van der Waals surface area contributed by atoms with Gasteiger partial charge in [-0.25, -0.2) is 9.67 Å². The maximum Gasteiger partial charge on any atom is 0.248 e. The molecule has 0 spiro atoms. The molecule has 0 aliphatic carbocycles. The van der Waals surface area contributed by atoms with Gasteiger partial charge >= 0.3 is 0 Å². The maximum atomic E-state index is 6.18. The topological polar surface area (TPSA) is 64.0 Å². The van der Waals surface area contributed by atoms with E-state index in [2.05, 4.69) is 20.7 Å². The van der Waals surface area contributed by atoms with Gasteiger partial charge in [0.1, 0.15) is 12.1 Å². The number of hydrogen-bond acceptors (Lipinski definition) is 4. The lowest BCUT2D eigenvalue weighted by atomic mass is 10.2. The molecule has 134 valence electrons. The van der Waals surface area contributed by atoms with Crippen LogP contribution in [0.25, 0.3) is 0 Å². The number of nitrogens with one attached hydrogen (secondary N) is 2. The van der Waals surface area contributed by atoms with Crippen molar-refractivity contribution >= 4 is 52.2 Å². The summed E-state index contributed by atoms with van der Waals surface area (Å²) in [6, 6.07) is 12.7. The highest BCUT2D eigenvalue weighted by atomic mass is 35.5. The van der Waals surface area contributed by atoms with Gasteiger partial charge in [0, 0.05) is 15.7 Å². The highest BCUT2D eigenvalue weighted by molar-refractivity contribution is 7.80. The molecular formula is C17H15Cl2N5OS. The van der Waals surface area contributed by atoms with Crippen LogP contribution in [0.1, 0.15) is 5.56 Å². The minimum Gasteiger partial charge on any atom is -0.497 e. The van der Waals surface area contributed by atoms with Gasteiger partial charge in [0.2, 0.25) is 5.95 Å². The summed E-state index contributed by atoms with van der Waals surface area (Å²) in [7, 11) is 1.62. The standard InChI is InChI=1S/C17H15Cl2N5OS/c1-25-14-6-4-13(5-7-14)21-17(26)22-16-20-10-24(23-16)9-11-2-3-12(18)8-15(11)19/h2-8,10H,9H2,1H3,(H2,21,22,23,26). The van der Waals surface area contributed by atoms with E-state index in [0.717, 1.165) is 17.0 Å². The fourth-order valence-electron chi connectivity index (χ4n) is 2.19. The number of hydrogen-bond donors (Lipinski definition) is 2. The molecule has 0 amide bonds. The predicted molar refractivity (Wildman–Crippen MR) is 108 cm³/mol. The van der Waals surface area contributed by atoms with Crippen molar-refractivity contribution in [2.45, 2.75) is 6.54 Å². The minimum atomic E-state index is 0.387. The molecule has 0 saturated carbocycles. The molecule has 0 unspecified atom stereocenters. The van der Waals surface area contributed by atoms with Gasteiger partial charge in [-0.15, -0.1) is 5.10 Å². The van der Waals surface area contributed by atoms with Gasteiger partial charge in [-0.3, -0.25) is 5.32 Å². The summed E-state index contributed by atoms with van der Waals surface area (Å²) in [5, 5.41) is 11.9. The van der Waals surface area contributed by atoms with Crippen molar-refractivity contribution < 1.29 is 4.74 Å². The molecular weight excluding hydrogens is 393 g/mol. The zero-order chi connectivity index (χ0) is 18.5. The van der Waals surface area contributed by atoms with Gasteiger partial charge in [0.25, 0.3) is 0 Å². The third-order valence-electron chi connectivity index (χ3n) is 3.46. The Hall–Kier alpha value is -2.35. The molecule has 0 bridgehead atoms. The Kier molecular flexibility index (Phi) is 5.92. The second kappa shape index (κ2) is 8.35. The Labute approximate surface area is 166 Å². The SMILES string of the molecule is COc1ccc(NC(=S)Nc2ncn(Cc3ccc(Cl)cc3Cl)n2)cc1. The fourth-order valence-corrected chi connectivity index (χ4v) is 2.87. The van der Waals surface area contributed by atoms with Crippen LogP contribution in [0, 0.1) is 0 Å². The largest absolute Gasteiger partial charge is 0.497 e. The number of halogens is 2. The molecule has 1 aromatic heterocycles. The summed E-state index contributed by atoms with van der Waals surface area (Å²) in [4.78, 5) is 4.19. The van der Waals surface area contributed by atoms with Crippen LogP contribution in [-0.4, -0.2) is 27.0 Å². The van der Waals surface area contributed by atoms with Gasteiger partial charge < -0.3 is 10.1 Å². The average molecular weight is 408 g/mol. The molecule has 9 heteroatoms. The highest BCUT2D eigenvalue weighted by Crippen LogP contribution is 2.21. The van der Waals surface area contributed by atoms with Crippen LogP contribution in [0.5, 0.6) is 5.75 Å². The zero-order valence-electron chi connectivity index (χ0n) is 13.7. The molecule has 3 aromatic rings. The summed E-state index contributed by atoms with van der Waals surface area (Å²) in [5.74, 6) is 1.16. The van der Waals surface area contributed by atoms with Crippen molar-refractivity contribution in [3.8, 4) is 5.75 Å². The van der Waals surface area contributed by atoms with Crippen molar-refractivity contribution in [3.05, 3.63) is 64.4 Å². The predicted octanol–water partition coefficient (Wildman–Crippen LogP) is 4.45. The van der Waals surface area contributed by atoms with E-state index >= 15 is 0 Å². The Morgan fingerprint density at radius 1 is 1.15 bits per heavy atom. The summed E-state index contributed by atoms with van der Waals surface area (Å²) in [5.41, 5.74) is 1.72. The maximum absolute atomic E-state index is 6.18. The Morgan fingerprint density at radius 2 is 1.92 bits per heavy atom. The van der Waals surface area contributed by atoms with E-state index in [0.29, 0.717) is 27.7 Å². The first-order chi connectivity index (χ1) is 12.5. The first-order valence-electron chi connectivity index (χ1n) is 7.59.